The minimum Gasteiger partial charge on any atom is -0.494 e. The summed E-state index contributed by atoms with van der Waals surface area (Å²) in [7, 11) is 0. The molecule has 3 unspecified atom stereocenters. The van der Waals surface area contributed by atoms with Crippen molar-refractivity contribution in [3.63, 3.8) is 0 Å². The fourth-order valence-electron chi connectivity index (χ4n) is 3.08. The molecule has 0 aliphatic carbocycles. The van der Waals surface area contributed by atoms with Crippen molar-refractivity contribution < 1.29 is 19.4 Å². The number of carboxylic acids is 1. The van der Waals surface area contributed by atoms with E-state index in [0.29, 0.717) is 18.0 Å². The van der Waals surface area contributed by atoms with Gasteiger partial charge in [0.15, 0.2) is 0 Å². The molecule has 1 amide bonds. The van der Waals surface area contributed by atoms with E-state index in [-0.39, 0.29) is 24.3 Å². The molecule has 5 heteroatoms. The van der Waals surface area contributed by atoms with E-state index in [0.717, 1.165) is 0 Å². The summed E-state index contributed by atoms with van der Waals surface area (Å²) in [6.45, 7) is 6.05. The Morgan fingerprint density at radius 3 is 2.76 bits per heavy atom. The predicted octanol–water partition coefficient (Wildman–Crippen LogP) is 2.55. The SMILES string of the molecule is CCOc1cccc(N2C(=O)CC(C)C(C(=O)O)C2C)c1. The van der Waals surface area contributed by atoms with Gasteiger partial charge >= 0.3 is 5.97 Å². The molecule has 0 radical (unpaired) electrons. The third-order valence-electron chi connectivity index (χ3n) is 4.00. The van der Waals surface area contributed by atoms with Gasteiger partial charge in [-0.3, -0.25) is 9.59 Å². The minimum atomic E-state index is -0.853. The smallest absolute Gasteiger partial charge is 0.308 e. The van der Waals surface area contributed by atoms with Gasteiger partial charge in [0.2, 0.25) is 5.91 Å². The highest BCUT2D eigenvalue weighted by Gasteiger charge is 2.42. The number of rotatable bonds is 4. The van der Waals surface area contributed by atoms with E-state index in [1.807, 2.05) is 32.0 Å². The van der Waals surface area contributed by atoms with Crippen LogP contribution in [0.3, 0.4) is 0 Å². The van der Waals surface area contributed by atoms with E-state index in [2.05, 4.69) is 0 Å². The topological polar surface area (TPSA) is 66.8 Å². The summed E-state index contributed by atoms with van der Waals surface area (Å²) in [6, 6.07) is 6.85. The molecule has 1 heterocycles. The molecule has 2 rings (SSSR count). The van der Waals surface area contributed by atoms with Crippen LogP contribution in [0, 0.1) is 11.8 Å². The average molecular weight is 291 g/mol. The lowest BCUT2D eigenvalue weighted by molar-refractivity contribution is -0.146. The molecule has 0 bridgehead atoms. The Hall–Kier alpha value is -2.04. The zero-order valence-electron chi connectivity index (χ0n) is 12.6. The van der Waals surface area contributed by atoms with Crippen molar-refractivity contribution in [1.29, 1.82) is 0 Å². The van der Waals surface area contributed by atoms with E-state index in [1.54, 1.807) is 17.9 Å². The fraction of sp³-hybridized carbons (Fsp3) is 0.500. The number of amides is 1. The van der Waals surface area contributed by atoms with Gasteiger partial charge in [0, 0.05) is 24.2 Å². The first-order chi connectivity index (χ1) is 9.95. The fourth-order valence-corrected chi connectivity index (χ4v) is 3.08. The summed E-state index contributed by atoms with van der Waals surface area (Å²) in [4.78, 5) is 25.4. The van der Waals surface area contributed by atoms with Gasteiger partial charge in [-0.2, -0.15) is 0 Å². The highest BCUT2D eigenvalue weighted by Crippen LogP contribution is 2.34. The number of carbonyl (C=O) groups is 2. The van der Waals surface area contributed by atoms with Crippen LogP contribution in [0.1, 0.15) is 27.2 Å². The van der Waals surface area contributed by atoms with Crippen LogP contribution in [0.5, 0.6) is 5.75 Å². The van der Waals surface area contributed by atoms with Crippen molar-refractivity contribution in [2.45, 2.75) is 33.2 Å². The number of anilines is 1. The molecule has 5 nitrogen and oxygen atoms in total. The highest BCUT2D eigenvalue weighted by atomic mass is 16.5. The number of benzene rings is 1. The number of hydrogen-bond acceptors (Lipinski definition) is 3. The summed E-state index contributed by atoms with van der Waals surface area (Å²) in [5.41, 5.74) is 0.691. The molecule has 1 aromatic carbocycles. The molecular weight excluding hydrogens is 270 g/mol. The van der Waals surface area contributed by atoms with Crippen molar-refractivity contribution in [3.05, 3.63) is 24.3 Å². The van der Waals surface area contributed by atoms with Gasteiger partial charge in [0.1, 0.15) is 5.75 Å². The first-order valence-electron chi connectivity index (χ1n) is 7.23. The number of hydrogen-bond donors (Lipinski definition) is 1. The molecule has 1 N–H and O–H groups in total. The monoisotopic (exact) mass is 291 g/mol. The number of ether oxygens (including phenoxy) is 1. The molecule has 1 fully saturated rings. The summed E-state index contributed by atoms with van der Waals surface area (Å²) >= 11 is 0. The van der Waals surface area contributed by atoms with Crippen molar-refractivity contribution in [2.24, 2.45) is 11.8 Å². The van der Waals surface area contributed by atoms with Gasteiger partial charge in [-0.05, 0) is 31.9 Å². The summed E-state index contributed by atoms with van der Waals surface area (Å²) in [6.07, 6.45) is 0.250. The van der Waals surface area contributed by atoms with Gasteiger partial charge in [-0.15, -0.1) is 0 Å². The Kier molecular flexibility index (Phi) is 4.50. The Morgan fingerprint density at radius 1 is 1.43 bits per heavy atom. The second kappa shape index (κ2) is 6.16. The Balaban J connectivity index is 2.34. The lowest BCUT2D eigenvalue weighted by atomic mass is 9.81. The van der Waals surface area contributed by atoms with Crippen LogP contribution < -0.4 is 9.64 Å². The second-order valence-corrected chi connectivity index (χ2v) is 5.48. The van der Waals surface area contributed by atoms with Crippen LogP contribution in [-0.2, 0) is 9.59 Å². The Bertz CT molecular complexity index is 543. The zero-order valence-corrected chi connectivity index (χ0v) is 12.6. The average Bonchev–Trinajstić information content (AvgIpc) is 2.38. The number of piperidine rings is 1. The van der Waals surface area contributed by atoms with Crippen molar-refractivity contribution in [1.82, 2.24) is 0 Å². The normalized spacial score (nSPS) is 25.8. The number of carbonyl (C=O) groups excluding carboxylic acids is 1. The maximum absolute atomic E-state index is 12.3. The largest absolute Gasteiger partial charge is 0.494 e. The zero-order chi connectivity index (χ0) is 15.6. The molecule has 1 saturated heterocycles. The van der Waals surface area contributed by atoms with Gasteiger partial charge in [-0.25, -0.2) is 0 Å². The molecule has 0 saturated carbocycles. The molecule has 3 atom stereocenters. The standard InChI is InChI=1S/C16H21NO4/c1-4-21-13-7-5-6-12(9-13)17-11(3)15(16(19)20)10(2)8-14(17)18/h5-7,9-11,15H,4,8H2,1-3H3,(H,19,20). The summed E-state index contributed by atoms with van der Waals surface area (Å²) < 4.78 is 5.45. The van der Waals surface area contributed by atoms with Crippen molar-refractivity contribution in [2.75, 3.05) is 11.5 Å². The molecule has 114 valence electrons. The third-order valence-corrected chi connectivity index (χ3v) is 4.00. The van der Waals surface area contributed by atoms with Crippen LogP contribution in [0.25, 0.3) is 0 Å². The van der Waals surface area contributed by atoms with E-state index < -0.39 is 11.9 Å². The molecule has 21 heavy (non-hydrogen) atoms. The Morgan fingerprint density at radius 2 is 2.14 bits per heavy atom. The van der Waals surface area contributed by atoms with E-state index in [1.165, 1.54) is 0 Å². The van der Waals surface area contributed by atoms with Gasteiger partial charge in [-0.1, -0.05) is 13.0 Å². The molecule has 1 aromatic rings. The predicted molar refractivity (Wildman–Crippen MR) is 79.5 cm³/mol. The van der Waals surface area contributed by atoms with Crippen LogP contribution in [0.15, 0.2) is 24.3 Å². The van der Waals surface area contributed by atoms with E-state index >= 15 is 0 Å². The van der Waals surface area contributed by atoms with Gasteiger partial charge < -0.3 is 14.7 Å². The molecule has 1 aliphatic rings. The molecule has 1 aliphatic heterocycles. The maximum Gasteiger partial charge on any atom is 0.308 e. The summed E-state index contributed by atoms with van der Waals surface area (Å²) in [5, 5.41) is 9.41. The Labute approximate surface area is 124 Å². The lowest BCUT2D eigenvalue weighted by Gasteiger charge is -2.40. The quantitative estimate of drug-likeness (QED) is 0.925. The van der Waals surface area contributed by atoms with Crippen molar-refractivity contribution >= 4 is 17.6 Å². The molecular formula is C16H21NO4. The minimum absolute atomic E-state index is 0.0406. The summed E-state index contributed by atoms with van der Waals surface area (Å²) in [5.74, 6) is -0.926. The number of aliphatic carboxylic acids is 1. The van der Waals surface area contributed by atoms with Crippen LogP contribution >= 0.6 is 0 Å². The van der Waals surface area contributed by atoms with Crippen LogP contribution in [0.4, 0.5) is 5.69 Å². The first-order valence-corrected chi connectivity index (χ1v) is 7.23. The van der Waals surface area contributed by atoms with Crippen molar-refractivity contribution in [3.8, 4) is 5.75 Å². The van der Waals surface area contributed by atoms with Gasteiger partial charge in [0.25, 0.3) is 0 Å². The second-order valence-electron chi connectivity index (χ2n) is 5.48. The lowest BCUT2D eigenvalue weighted by Crippen LogP contribution is -2.53. The number of carboxylic acid groups (broad SMARTS) is 1. The maximum atomic E-state index is 12.3. The van der Waals surface area contributed by atoms with E-state index in [4.69, 9.17) is 4.74 Å². The highest BCUT2D eigenvalue weighted by molar-refractivity contribution is 5.96. The molecule has 0 aromatic heterocycles. The van der Waals surface area contributed by atoms with Crippen LogP contribution in [0.2, 0.25) is 0 Å². The first kappa shape index (κ1) is 15.4. The van der Waals surface area contributed by atoms with E-state index in [9.17, 15) is 14.7 Å². The molecule has 0 spiro atoms. The third kappa shape index (κ3) is 3.01. The van der Waals surface area contributed by atoms with Gasteiger partial charge in [0.05, 0.1) is 12.5 Å². The number of nitrogens with zero attached hydrogens (tertiary/aromatic N) is 1. The van der Waals surface area contributed by atoms with Crippen LogP contribution in [-0.4, -0.2) is 29.6 Å².